The molecule has 1 aliphatic rings. The van der Waals surface area contributed by atoms with Crippen LogP contribution in [0.5, 0.6) is 11.5 Å². The van der Waals surface area contributed by atoms with Crippen LogP contribution in [0.25, 0.3) is 0 Å². The summed E-state index contributed by atoms with van der Waals surface area (Å²) in [7, 11) is 0. The molecule has 0 radical (unpaired) electrons. The average molecular weight is 221 g/mol. The number of aryl methyl sites for hydroxylation is 1. The van der Waals surface area contributed by atoms with Crippen molar-refractivity contribution in [2.24, 2.45) is 0 Å². The summed E-state index contributed by atoms with van der Waals surface area (Å²) in [5, 5.41) is 0. The summed E-state index contributed by atoms with van der Waals surface area (Å²) in [6, 6.07) is 6.05. The van der Waals surface area contributed by atoms with Gasteiger partial charge in [-0.15, -0.1) is 0 Å². The minimum atomic E-state index is -0.156. The molecule has 0 aromatic heterocycles. The Labute approximate surface area is 97.0 Å². The van der Waals surface area contributed by atoms with Gasteiger partial charge in [-0.05, 0) is 37.7 Å². The molecule has 1 aromatic carbocycles. The van der Waals surface area contributed by atoms with Crippen LogP contribution < -0.4 is 9.47 Å². The van der Waals surface area contributed by atoms with Crippen molar-refractivity contribution < 1.29 is 9.47 Å². The lowest BCUT2D eigenvalue weighted by atomic mass is 10.2. The Morgan fingerprint density at radius 1 is 1.12 bits per heavy atom. The first kappa shape index (κ1) is 11.3. The molecule has 0 fully saturated rings. The van der Waals surface area contributed by atoms with Crippen molar-refractivity contribution in [1.82, 2.24) is 4.90 Å². The summed E-state index contributed by atoms with van der Waals surface area (Å²) in [5.74, 6) is 1.74. The van der Waals surface area contributed by atoms with Gasteiger partial charge < -0.3 is 9.47 Å². The van der Waals surface area contributed by atoms with Gasteiger partial charge in [0.2, 0.25) is 0 Å². The summed E-state index contributed by atoms with van der Waals surface area (Å²) in [6.45, 7) is 9.22. The van der Waals surface area contributed by atoms with Gasteiger partial charge in [0.25, 0.3) is 6.29 Å². The molecule has 1 unspecified atom stereocenters. The lowest BCUT2D eigenvalue weighted by Crippen LogP contribution is -2.36. The van der Waals surface area contributed by atoms with E-state index < -0.39 is 0 Å². The monoisotopic (exact) mass is 221 g/mol. The van der Waals surface area contributed by atoms with Gasteiger partial charge in [-0.1, -0.05) is 19.9 Å². The standard InChI is InChI=1S/C13H19NO2/c1-4-14(5-2)9-13-15-11-7-6-10(3)8-12(11)16-13/h6-8,13H,4-5,9H2,1-3H3. The van der Waals surface area contributed by atoms with Gasteiger partial charge in [-0.2, -0.15) is 0 Å². The Morgan fingerprint density at radius 2 is 1.81 bits per heavy atom. The summed E-state index contributed by atoms with van der Waals surface area (Å²) >= 11 is 0. The van der Waals surface area contributed by atoms with E-state index in [-0.39, 0.29) is 6.29 Å². The predicted molar refractivity (Wildman–Crippen MR) is 64.0 cm³/mol. The fourth-order valence-electron chi connectivity index (χ4n) is 1.88. The first-order valence-corrected chi connectivity index (χ1v) is 5.89. The van der Waals surface area contributed by atoms with Crippen molar-refractivity contribution in [3.05, 3.63) is 23.8 Å². The maximum atomic E-state index is 5.76. The molecule has 0 spiro atoms. The first-order valence-electron chi connectivity index (χ1n) is 5.89. The SMILES string of the molecule is CCN(CC)CC1Oc2ccc(C)cc2O1. The third kappa shape index (κ3) is 2.30. The van der Waals surface area contributed by atoms with Crippen molar-refractivity contribution in [3.63, 3.8) is 0 Å². The molecule has 0 bridgehead atoms. The molecule has 16 heavy (non-hydrogen) atoms. The van der Waals surface area contributed by atoms with Crippen LogP contribution in [-0.2, 0) is 0 Å². The Hall–Kier alpha value is -1.22. The summed E-state index contributed by atoms with van der Waals surface area (Å²) < 4.78 is 11.5. The van der Waals surface area contributed by atoms with Crippen LogP contribution in [0.15, 0.2) is 18.2 Å². The lowest BCUT2D eigenvalue weighted by Gasteiger charge is -2.21. The number of likely N-dealkylation sites (N-methyl/N-ethyl adjacent to an activating group) is 1. The quantitative estimate of drug-likeness (QED) is 0.779. The van der Waals surface area contributed by atoms with Crippen molar-refractivity contribution in [3.8, 4) is 11.5 Å². The predicted octanol–water partition coefficient (Wildman–Crippen LogP) is 2.43. The molecular weight excluding hydrogens is 202 g/mol. The summed E-state index contributed by atoms with van der Waals surface area (Å²) in [5.41, 5.74) is 1.20. The largest absolute Gasteiger partial charge is 0.450 e. The highest BCUT2D eigenvalue weighted by molar-refractivity contribution is 5.44. The molecule has 3 heteroatoms. The number of fused-ring (bicyclic) bond motifs is 1. The van der Waals surface area contributed by atoms with E-state index in [1.165, 1.54) is 5.56 Å². The van der Waals surface area contributed by atoms with Gasteiger partial charge in [0.15, 0.2) is 11.5 Å². The average Bonchev–Trinajstić information content (AvgIpc) is 2.67. The maximum absolute atomic E-state index is 5.76. The van der Waals surface area contributed by atoms with Crippen molar-refractivity contribution in [1.29, 1.82) is 0 Å². The molecule has 0 N–H and O–H groups in total. The zero-order valence-corrected chi connectivity index (χ0v) is 10.2. The van der Waals surface area contributed by atoms with E-state index in [4.69, 9.17) is 9.47 Å². The van der Waals surface area contributed by atoms with Gasteiger partial charge in [0, 0.05) is 0 Å². The van der Waals surface area contributed by atoms with Gasteiger partial charge in [0.1, 0.15) is 0 Å². The number of benzene rings is 1. The number of ether oxygens (including phenoxy) is 2. The molecular formula is C13H19NO2. The highest BCUT2D eigenvalue weighted by Crippen LogP contribution is 2.35. The fraction of sp³-hybridized carbons (Fsp3) is 0.538. The number of hydrogen-bond donors (Lipinski definition) is 0. The molecule has 1 heterocycles. The normalized spacial score (nSPS) is 18.1. The van der Waals surface area contributed by atoms with Crippen LogP contribution in [0.3, 0.4) is 0 Å². The molecule has 1 aromatic rings. The van der Waals surface area contributed by atoms with E-state index >= 15 is 0 Å². The second kappa shape index (κ2) is 4.74. The molecule has 2 rings (SSSR count). The second-order valence-electron chi connectivity index (χ2n) is 4.10. The van der Waals surface area contributed by atoms with Crippen LogP contribution >= 0.6 is 0 Å². The van der Waals surface area contributed by atoms with E-state index in [9.17, 15) is 0 Å². The van der Waals surface area contributed by atoms with Crippen molar-refractivity contribution in [2.45, 2.75) is 27.1 Å². The van der Waals surface area contributed by atoms with E-state index in [2.05, 4.69) is 25.7 Å². The number of rotatable bonds is 4. The highest BCUT2D eigenvalue weighted by atomic mass is 16.7. The third-order valence-electron chi connectivity index (χ3n) is 2.92. The lowest BCUT2D eigenvalue weighted by molar-refractivity contribution is 0.0176. The van der Waals surface area contributed by atoms with Crippen LogP contribution in [0.1, 0.15) is 19.4 Å². The molecule has 0 aliphatic carbocycles. The topological polar surface area (TPSA) is 21.7 Å². The van der Waals surface area contributed by atoms with Gasteiger partial charge in [0.05, 0.1) is 6.54 Å². The number of hydrogen-bond acceptors (Lipinski definition) is 3. The van der Waals surface area contributed by atoms with Crippen molar-refractivity contribution in [2.75, 3.05) is 19.6 Å². The molecule has 1 atom stereocenters. The second-order valence-corrected chi connectivity index (χ2v) is 4.10. The third-order valence-corrected chi connectivity index (χ3v) is 2.92. The Bertz CT molecular complexity index is 361. The fourth-order valence-corrected chi connectivity index (χ4v) is 1.88. The van der Waals surface area contributed by atoms with E-state index in [0.717, 1.165) is 31.1 Å². The van der Waals surface area contributed by atoms with Gasteiger partial charge in [-0.25, -0.2) is 0 Å². The van der Waals surface area contributed by atoms with Crippen LogP contribution in [0, 0.1) is 6.92 Å². The van der Waals surface area contributed by atoms with Crippen LogP contribution in [0.2, 0.25) is 0 Å². The molecule has 3 nitrogen and oxygen atoms in total. The highest BCUT2D eigenvalue weighted by Gasteiger charge is 2.25. The maximum Gasteiger partial charge on any atom is 0.254 e. The van der Waals surface area contributed by atoms with Gasteiger partial charge in [-0.3, -0.25) is 4.90 Å². The summed E-state index contributed by atoms with van der Waals surface area (Å²) in [6.07, 6.45) is -0.156. The summed E-state index contributed by atoms with van der Waals surface area (Å²) in [4.78, 5) is 2.30. The molecule has 88 valence electrons. The van der Waals surface area contributed by atoms with E-state index in [1.807, 2.05) is 18.2 Å². The van der Waals surface area contributed by atoms with Gasteiger partial charge >= 0.3 is 0 Å². The molecule has 0 amide bonds. The van der Waals surface area contributed by atoms with E-state index in [0.29, 0.717) is 0 Å². The minimum absolute atomic E-state index is 0.156. The molecule has 1 aliphatic heterocycles. The van der Waals surface area contributed by atoms with Crippen LogP contribution in [-0.4, -0.2) is 30.8 Å². The molecule has 0 saturated carbocycles. The Kier molecular flexibility index (Phi) is 3.34. The van der Waals surface area contributed by atoms with Crippen LogP contribution in [0.4, 0.5) is 0 Å². The van der Waals surface area contributed by atoms with E-state index in [1.54, 1.807) is 0 Å². The minimum Gasteiger partial charge on any atom is -0.450 e. The Balaban J connectivity index is 2.00. The first-order chi connectivity index (χ1) is 7.72. The zero-order valence-electron chi connectivity index (χ0n) is 10.2. The smallest absolute Gasteiger partial charge is 0.254 e. The zero-order chi connectivity index (χ0) is 11.5. The Morgan fingerprint density at radius 3 is 2.50 bits per heavy atom. The molecule has 0 saturated heterocycles. The number of nitrogens with zero attached hydrogens (tertiary/aromatic N) is 1. The van der Waals surface area contributed by atoms with Crippen molar-refractivity contribution >= 4 is 0 Å².